The molecule has 1 aromatic heterocycles. The van der Waals surface area contributed by atoms with Crippen molar-refractivity contribution in [3.8, 4) is 0 Å². The van der Waals surface area contributed by atoms with Gasteiger partial charge in [-0.05, 0) is 39.9 Å². The van der Waals surface area contributed by atoms with E-state index in [1.54, 1.807) is 6.20 Å². The van der Waals surface area contributed by atoms with E-state index in [0.717, 1.165) is 10.9 Å². The van der Waals surface area contributed by atoms with Crippen LogP contribution in [0.15, 0.2) is 22.9 Å². The first-order valence-electron chi connectivity index (χ1n) is 4.66. The number of aromatic nitrogens is 1. The van der Waals surface area contributed by atoms with Gasteiger partial charge in [-0.1, -0.05) is 0 Å². The van der Waals surface area contributed by atoms with E-state index < -0.39 is 6.29 Å². The highest BCUT2D eigenvalue weighted by Crippen LogP contribution is 2.29. The van der Waals surface area contributed by atoms with Gasteiger partial charge in [-0.15, -0.1) is 0 Å². The molecule has 0 bridgehead atoms. The first-order valence-corrected chi connectivity index (χ1v) is 5.45. The van der Waals surface area contributed by atoms with Gasteiger partial charge in [-0.3, -0.25) is 4.98 Å². The zero-order valence-corrected chi connectivity index (χ0v) is 9.27. The van der Waals surface area contributed by atoms with Gasteiger partial charge in [0.15, 0.2) is 6.29 Å². The quantitative estimate of drug-likeness (QED) is 0.838. The standard InChI is InChI=1S/C10H12BrNO2/c11-9-3-8(5-12-6-9)7-1-2-14-10(13)4-7/h3,5-7,10,13H,1-2,4H2. The number of hydrogen-bond donors (Lipinski definition) is 1. The van der Waals surface area contributed by atoms with Crippen LogP contribution in [-0.2, 0) is 4.74 Å². The van der Waals surface area contributed by atoms with Crippen LogP contribution in [0.1, 0.15) is 24.3 Å². The van der Waals surface area contributed by atoms with Gasteiger partial charge in [0.1, 0.15) is 0 Å². The topological polar surface area (TPSA) is 42.4 Å². The summed E-state index contributed by atoms with van der Waals surface area (Å²) >= 11 is 3.39. The summed E-state index contributed by atoms with van der Waals surface area (Å²) in [7, 11) is 0. The summed E-state index contributed by atoms with van der Waals surface area (Å²) < 4.78 is 6.07. The van der Waals surface area contributed by atoms with Crippen molar-refractivity contribution in [1.82, 2.24) is 4.98 Å². The molecule has 1 aliphatic rings. The summed E-state index contributed by atoms with van der Waals surface area (Å²) in [6, 6.07) is 2.05. The van der Waals surface area contributed by atoms with Crippen LogP contribution in [-0.4, -0.2) is 23.0 Å². The minimum atomic E-state index is -0.618. The van der Waals surface area contributed by atoms with E-state index in [1.165, 1.54) is 5.56 Å². The normalized spacial score (nSPS) is 27.6. The Balaban J connectivity index is 2.14. The Morgan fingerprint density at radius 2 is 2.36 bits per heavy atom. The lowest BCUT2D eigenvalue weighted by molar-refractivity contribution is -0.129. The van der Waals surface area contributed by atoms with Gasteiger partial charge >= 0.3 is 0 Å². The average molecular weight is 258 g/mol. The fraction of sp³-hybridized carbons (Fsp3) is 0.500. The molecule has 2 rings (SSSR count). The largest absolute Gasteiger partial charge is 0.368 e. The van der Waals surface area contributed by atoms with E-state index in [0.29, 0.717) is 18.9 Å². The van der Waals surface area contributed by atoms with Crippen molar-refractivity contribution in [1.29, 1.82) is 0 Å². The summed E-state index contributed by atoms with van der Waals surface area (Å²) in [5.41, 5.74) is 1.17. The first-order chi connectivity index (χ1) is 6.75. The van der Waals surface area contributed by atoms with Gasteiger partial charge in [0.05, 0.1) is 6.61 Å². The Hall–Kier alpha value is -0.450. The van der Waals surface area contributed by atoms with Crippen molar-refractivity contribution in [2.45, 2.75) is 25.0 Å². The van der Waals surface area contributed by atoms with Crippen LogP contribution in [0.2, 0.25) is 0 Å². The van der Waals surface area contributed by atoms with Gasteiger partial charge in [-0.2, -0.15) is 0 Å². The third kappa shape index (κ3) is 2.32. The number of hydrogen-bond acceptors (Lipinski definition) is 3. The molecule has 1 fully saturated rings. The summed E-state index contributed by atoms with van der Waals surface area (Å²) in [6.07, 6.45) is 4.62. The minimum Gasteiger partial charge on any atom is -0.368 e. The number of halogens is 1. The fourth-order valence-electron chi connectivity index (χ4n) is 1.73. The molecule has 0 spiro atoms. The molecule has 1 N–H and O–H groups in total. The van der Waals surface area contributed by atoms with Gasteiger partial charge < -0.3 is 9.84 Å². The Morgan fingerprint density at radius 1 is 1.50 bits per heavy atom. The second-order valence-corrected chi connectivity index (χ2v) is 4.40. The molecule has 1 saturated heterocycles. The van der Waals surface area contributed by atoms with E-state index in [2.05, 4.69) is 27.0 Å². The number of rotatable bonds is 1. The van der Waals surface area contributed by atoms with Crippen LogP contribution in [0.5, 0.6) is 0 Å². The molecule has 2 heterocycles. The fourth-order valence-corrected chi connectivity index (χ4v) is 2.11. The highest BCUT2D eigenvalue weighted by atomic mass is 79.9. The van der Waals surface area contributed by atoms with Crippen LogP contribution >= 0.6 is 15.9 Å². The van der Waals surface area contributed by atoms with Crippen molar-refractivity contribution in [3.63, 3.8) is 0 Å². The molecule has 1 aliphatic heterocycles. The molecule has 3 nitrogen and oxygen atoms in total. The van der Waals surface area contributed by atoms with Crippen LogP contribution in [0, 0.1) is 0 Å². The molecule has 76 valence electrons. The van der Waals surface area contributed by atoms with Gasteiger partial charge in [-0.25, -0.2) is 0 Å². The van der Waals surface area contributed by atoms with E-state index in [-0.39, 0.29) is 0 Å². The highest BCUT2D eigenvalue weighted by Gasteiger charge is 2.22. The van der Waals surface area contributed by atoms with E-state index in [4.69, 9.17) is 4.74 Å². The molecule has 2 unspecified atom stereocenters. The summed E-state index contributed by atoms with van der Waals surface area (Å²) in [6.45, 7) is 0.623. The zero-order chi connectivity index (χ0) is 9.97. The second kappa shape index (κ2) is 4.38. The molecule has 0 aromatic carbocycles. The molecule has 0 amide bonds. The Morgan fingerprint density at radius 3 is 3.07 bits per heavy atom. The Bertz CT molecular complexity index is 319. The highest BCUT2D eigenvalue weighted by molar-refractivity contribution is 9.10. The molecule has 0 radical (unpaired) electrons. The monoisotopic (exact) mass is 257 g/mol. The molecular formula is C10H12BrNO2. The van der Waals surface area contributed by atoms with Gasteiger partial charge in [0.2, 0.25) is 0 Å². The molecule has 0 saturated carbocycles. The second-order valence-electron chi connectivity index (χ2n) is 3.48. The molecule has 14 heavy (non-hydrogen) atoms. The maximum absolute atomic E-state index is 9.36. The van der Waals surface area contributed by atoms with Crippen molar-refractivity contribution in [3.05, 3.63) is 28.5 Å². The minimum absolute atomic E-state index is 0.365. The average Bonchev–Trinajstić information content (AvgIpc) is 2.18. The first kappa shape index (κ1) is 10.1. The smallest absolute Gasteiger partial charge is 0.155 e. The van der Waals surface area contributed by atoms with E-state index in [9.17, 15) is 5.11 Å². The predicted octanol–water partition coefficient (Wildman–Crippen LogP) is 2.06. The van der Waals surface area contributed by atoms with Gasteiger partial charge in [0, 0.05) is 23.3 Å². The lowest BCUT2D eigenvalue weighted by Gasteiger charge is -2.26. The van der Waals surface area contributed by atoms with E-state index in [1.807, 2.05) is 6.20 Å². The lowest BCUT2D eigenvalue weighted by atomic mass is 9.92. The van der Waals surface area contributed by atoms with Crippen molar-refractivity contribution in [2.75, 3.05) is 6.61 Å². The number of pyridine rings is 1. The third-order valence-corrected chi connectivity index (χ3v) is 2.89. The predicted molar refractivity (Wildman–Crippen MR) is 55.9 cm³/mol. The summed E-state index contributed by atoms with van der Waals surface area (Å²) in [4.78, 5) is 4.12. The molecular weight excluding hydrogens is 246 g/mol. The Labute approximate surface area is 91.2 Å². The number of ether oxygens (including phenoxy) is 1. The SMILES string of the molecule is OC1CC(c2cncc(Br)c2)CCO1. The number of nitrogens with zero attached hydrogens (tertiary/aromatic N) is 1. The van der Waals surface area contributed by atoms with Crippen LogP contribution in [0.3, 0.4) is 0 Å². The maximum atomic E-state index is 9.36. The lowest BCUT2D eigenvalue weighted by Crippen LogP contribution is -2.23. The van der Waals surface area contributed by atoms with Gasteiger partial charge in [0.25, 0.3) is 0 Å². The third-order valence-electron chi connectivity index (χ3n) is 2.46. The molecule has 4 heteroatoms. The molecule has 2 atom stereocenters. The zero-order valence-electron chi connectivity index (χ0n) is 7.69. The van der Waals surface area contributed by atoms with E-state index >= 15 is 0 Å². The maximum Gasteiger partial charge on any atom is 0.155 e. The summed E-state index contributed by atoms with van der Waals surface area (Å²) in [5.74, 6) is 0.365. The molecule has 1 aromatic rings. The number of aliphatic hydroxyl groups is 1. The summed E-state index contributed by atoms with van der Waals surface area (Å²) in [5, 5.41) is 9.36. The van der Waals surface area contributed by atoms with Crippen molar-refractivity contribution in [2.24, 2.45) is 0 Å². The van der Waals surface area contributed by atoms with Crippen LogP contribution < -0.4 is 0 Å². The van der Waals surface area contributed by atoms with Crippen molar-refractivity contribution < 1.29 is 9.84 Å². The number of aliphatic hydroxyl groups excluding tert-OH is 1. The van der Waals surface area contributed by atoms with Crippen LogP contribution in [0.25, 0.3) is 0 Å². The molecule has 0 aliphatic carbocycles. The Kier molecular flexibility index (Phi) is 3.15. The van der Waals surface area contributed by atoms with Crippen LogP contribution in [0.4, 0.5) is 0 Å². The van der Waals surface area contributed by atoms with Crippen molar-refractivity contribution >= 4 is 15.9 Å².